The van der Waals surface area contributed by atoms with Gasteiger partial charge in [0.25, 0.3) is 0 Å². The van der Waals surface area contributed by atoms with Gasteiger partial charge in [0.15, 0.2) is 5.82 Å². The van der Waals surface area contributed by atoms with E-state index in [-0.39, 0.29) is 5.54 Å². The van der Waals surface area contributed by atoms with Gasteiger partial charge in [0.05, 0.1) is 0 Å². The molecule has 2 aromatic heterocycles. The fourth-order valence-electron chi connectivity index (χ4n) is 1.23. The lowest BCUT2D eigenvalue weighted by Crippen LogP contribution is -2.28. The van der Waals surface area contributed by atoms with Crippen LogP contribution in [0.25, 0.3) is 5.82 Å². The summed E-state index contributed by atoms with van der Waals surface area (Å²) in [6, 6.07) is 3.82. The molecule has 5 nitrogen and oxygen atoms in total. The summed E-state index contributed by atoms with van der Waals surface area (Å²) in [6.45, 7) is 3.89. The molecule has 2 heterocycles. The van der Waals surface area contributed by atoms with E-state index < -0.39 is 0 Å². The van der Waals surface area contributed by atoms with E-state index in [1.54, 1.807) is 17.2 Å². The van der Waals surface area contributed by atoms with Crippen LogP contribution in [0.5, 0.6) is 0 Å². The van der Waals surface area contributed by atoms with Gasteiger partial charge in [0, 0.05) is 11.7 Å². The Kier molecular flexibility index (Phi) is 2.24. The molecule has 5 heteroatoms. The summed E-state index contributed by atoms with van der Waals surface area (Å²) in [4.78, 5) is 8.12. The number of pyridine rings is 1. The molecule has 0 aliphatic heterocycles. The first-order valence-electron chi connectivity index (χ1n) is 4.68. The molecule has 0 aliphatic rings. The highest BCUT2D eigenvalue weighted by molar-refractivity contribution is 5.27. The quantitative estimate of drug-likeness (QED) is 0.785. The number of hydrogen-bond acceptors (Lipinski definition) is 4. The zero-order valence-corrected chi connectivity index (χ0v) is 8.75. The standard InChI is InChI=1S/C10H13N5/c1-10(2,11)8-3-4-9(13-5-8)15-7-12-6-14-15/h3-7H,11H2,1-2H3. The summed E-state index contributed by atoms with van der Waals surface area (Å²) < 4.78 is 1.60. The maximum absolute atomic E-state index is 5.95. The topological polar surface area (TPSA) is 69.6 Å². The second-order valence-electron chi connectivity index (χ2n) is 3.97. The Hall–Kier alpha value is -1.75. The molecule has 2 aromatic rings. The molecule has 0 fully saturated rings. The van der Waals surface area contributed by atoms with E-state index in [4.69, 9.17) is 5.73 Å². The molecule has 2 rings (SSSR count). The van der Waals surface area contributed by atoms with Crippen LogP contribution in [0.15, 0.2) is 31.0 Å². The Bertz CT molecular complexity index is 424. The monoisotopic (exact) mass is 203 g/mol. The predicted octanol–water partition coefficient (Wildman–Crippen LogP) is 0.856. The largest absolute Gasteiger partial charge is 0.322 e. The number of nitrogens with zero attached hydrogens (tertiary/aromatic N) is 4. The van der Waals surface area contributed by atoms with Crippen LogP contribution in [0.4, 0.5) is 0 Å². The molecule has 0 radical (unpaired) electrons. The molecule has 0 bridgehead atoms. The van der Waals surface area contributed by atoms with Gasteiger partial charge in [-0.3, -0.25) is 0 Å². The Morgan fingerprint density at radius 2 is 2.13 bits per heavy atom. The van der Waals surface area contributed by atoms with Crippen LogP contribution in [-0.4, -0.2) is 19.7 Å². The minimum atomic E-state index is -0.367. The molecule has 78 valence electrons. The maximum atomic E-state index is 5.95. The van der Waals surface area contributed by atoms with Crippen molar-refractivity contribution in [3.05, 3.63) is 36.5 Å². The van der Waals surface area contributed by atoms with Crippen molar-refractivity contribution in [2.75, 3.05) is 0 Å². The summed E-state index contributed by atoms with van der Waals surface area (Å²) in [5.74, 6) is 0.737. The van der Waals surface area contributed by atoms with Crippen molar-refractivity contribution in [1.29, 1.82) is 0 Å². The summed E-state index contributed by atoms with van der Waals surface area (Å²) in [7, 11) is 0. The van der Waals surface area contributed by atoms with E-state index in [9.17, 15) is 0 Å². The Labute approximate surface area is 88.0 Å². The summed E-state index contributed by atoms with van der Waals surface area (Å²) >= 11 is 0. The van der Waals surface area contributed by atoms with Crippen LogP contribution >= 0.6 is 0 Å². The number of aromatic nitrogens is 4. The molecule has 0 saturated heterocycles. The normalized spacial score (nSPS) is 11.7. The third-order valence-electron chi connectivity index (χ3n) is 2.15. The summed E-state index contributed by atoms with van der Waals surface area (Å²) in [6.07, 6.45) is 4.84. The third-order valence-corrected chi connectivity index (χ3v) is 2.15. The molecular formula is C10H13N5. The fraction of sp³-hybridized carbons (Fsp3) is 0.300. The zero-order valence-electron chi connectivity index (χ0n) is 8.75. The van der Waals surface area contributed by atoms with Crippen molar-refractivity contribution in [2.45, 2.75) is 19.4 Å². The highest BCUT2D eigenvalue weighted by Crippen LogP contribution is 2.16. The van der Waals surface area contributed by atoms with E-state index in [2.05, 4.69) is 15.1 Å². The average Bonchev–Trinajstić information content (AvgIpc) is 2.69. The van der Waals surface area contributed by atoms with Gasteiger partial charge in [-0.2, -0.15) is 5.10 Å². The van der Waals surface area contributed by atoms with E-state index in [0.29, 0.717) is 0 Å². The van der Waals surface area contributed by atoms with Gasteiger partial charge < -0.3 is 5.73 Å². The maximum Gasteiger partial charge on any atom is 0.155 e. The molecule has 15 heavy (non-hydrogen) atoms. The van der Waals surface area contributed by atoms with E-state index in [1.807, 2.05) is 26.0 Å². The van der Waals surface area contributed by atoms with Crippen molar-refractivity contribution in [3.63, 3.8) is 0 Å². The van der Waals surface area contributed by atoms with Crippen LogP contribution in [0, 0.1) is 0 Å². The van der Waals surface area contributed by atoms with Crippen LogP contribution < -0.4 is 5.73 Å². The molecule has 0 spiro atoms. The van der Waals surface area contributed by atoms with Gasteiger partial charge >= 0.3 is 0 Å². The molecule has 0 saturated carbocycles. The molecule has 2 N–H and O–H groups in total. The Balaban J connectivity index is 2.33. The SMILES string of the molecule is CC(C)(N)c1ccc(-n2cncn2)nc1. The number of nitrogens with two attached hydrogens (primary N) is 1. The van der Waals surface area contributed by atoms with E-state index in [0.717, 1.165) is 11.4 Å². The lowest BCUT2D eigenvalue weighted by molar-refractivity contribution is 0.551. The summed E-state index contributed by atoms with van der Waals surface area (Å²) in [5.41, 5.74) is 6.58. The lowest BCUT2D eigenvalue weighted by atomic mass is 9.98. The first kappa shape index (κ1) is 9.79. The minimum Gasteiger partial charge on any atom is -0.322 e. The van der Waals surface area contributed by atoms with Crippen LogP contribution in [0.3, 0.4) is 0 Å². The van der Waals surface area contributed by atoms with Gasteiger partial charge in [0.2, 0.25) is 0 Å². The van der Waals surface area contributed by atoms with Gasteiger partial charge in [-0.25, -0.2) is 14.6 Å². The van der Waals surface area contributed by atoms with Crippen molar-refractivity contribution < 1.29 is 0 Å². The highest BCUT2D eigenvalue weighted by Gasteiger charge is 2.14. The van der Waals surface area contributed by atoms with Crippen molar-refractivity contribution in [2.24, 2.45) is 5.73 Å². The second-order valence-corrected chi connectivity index (χ2v) is 3.97. The van der Waals surface area contributed by atoms with Gasteiger partial charge in [-0.05, 0) is 25.5 Å². The van der Waals surface area contributed by atoms with Crippen molar-refractivity contribution in [1.82, 2.24) is 19.7 Å². The van der Waals surface area contributed by atoms with Crippen LogP contribution in [-0.2, 0) is 5.54 Å². The molecule has 0 aliphatic carbocycles. The number of rotatable bonds is 2. The smallest absolute Gasteiger partial charge is 0.155 e. The first-order valence-corrected chi connectivity index (χ1v) is 4.68. The van der Waals surface area contributed by atoms with E-state index >= 15 is 0 Å². The van der Waals surface area contributed by atoms with Crippen LogP contribution in [0.2, 0.25) is 0 Å². The molecular weight excluding hydrogens is 190 g/mol. The predicted molar refractivity (Wildman–Crippen MR) is 56.4 cm³/mol. The summed E-state index contributed by atoms with van der Waals surface area (Å²) in [5, 5.41) is 3.99. The second kappa shape index (κ2) is 3.43. The molecule has 0 atom stereocenters. The zero-order chi connectivity index (χ0) is 10.9. The van der Waals surface area contributed by atoms with E-state index in [1.165, 1.54) is 6.33 Å². The average molecular weight is 203 g/mol. The Morgan fingerprint density at radius 3 is 2.60 bits per heavy atom. The highest BCUT2D eigenvalue weighted by atomic mass is 15.3. The van der Waals surface area contributed by atoms with Crippen molar-refractivity contribution in [3.8, 4) is 5.82 Å². The number of hydrogen-bond donors (Lipinski definition) is 1. The molecule has 0 amide bonds. The molecule has 0 unspecified atom stereocenters. The third kappa shape index (κ3) is 2.02. The van der Waals surface area contributed by atoms with Gasteiger partial charge in [-0.1, -0.05) is 6.07 Å². The first-order chi connectivity index (χ1) is 7.07. The fourth-order valence-corrected chi connectivity index (χ4v) is 1.23. The Morgan fingerprint density at radius 1 is 1.33 bits per heavy atom. The molecule has 0 aromatic carbocycles. The van der Waals surface area contributed by atoms with Gasteiger partial charge in [-0.15, -0.1) is 0 Å². The minimum absolute atomic E-state index is 0.367. The lowest BCUT2D eigenvalue weighted by Gasteiger charge is -2.18. The van der Waals surface area contributed by atoms with Gasteiger partial charge in [0.1, 0.15) is 12.7 Å². The van der Waals surface area contributed by atoms with Crippen LogP contribution in [0.1, 0.15) is 19.4 Å². The van der Waals surface area contributed by atoms with Crippen molar-refractivity contribution >= 4 is 0 Å².